The van der Waals surface area contributed by atoms with E-state index in [-0.39, 0.29) is 23.4 Å². The Morgan fingerprint density at radius 1 is 1.00 bits per heavy atom. The van der Waals surface area contributed by atoms with Gasteiger partial charge in [0, 0.05) is 24.3 Å². The number of benzene rings is 2. The molecule has 1 fully saturated rings. The van der Waals surface area contributed by atoms with E-state index in [1.54, 1.807) is 24.3 Å². The molecule has 4 rings (SSSR count). The predicted molar refractivity (Wildman–Crippen MR) is 129 cm³/mol. The van der Waals surface area contributed by atoms with Gasteiger partial charge in [-0.25, -0.2) is 0 Å². The fraction of sp³-hybridized carbons (Fsp3) is 0.360. The third-order valence-electron chi connectivity index (χ3n) is 5.48. The van der Waals surface area contributed by atoms with Crippen LogP contribution < -0.4 is 10.1 Å². The van der Waals surface area contributed by atoms with Crippen molar-refractivity contribution in [1.82, 2.24) is 15.1 Å². The molecule has 8 heteroatoms. The Labute approximate surface area is 197 Å². The van der Waals surface area contributed by atoms with Crippen LogP contribution in [-0.4, -0.2) is 40.0 Å². The van der Waals surface area contributed by atoms with Crippen LogP contribution in [0.3, 0.4) is 0 Å². The molecule has 1 aliphatic rings. The highest BCUT2D eigenvalue weighted by Crippen LogP contribution is 2.20. The zero-order valence-corrected chi connectivity index (χ0v) is 19.8. The average Bonchev–Trinajstić information content (AvgIpc) is 3.10. The Morgan fingerprint density at radius 3 is 2.45 bits per heavy atom. The van der Waals surface area contributed by atoms with Crippen molar-refractivity contribution in [3.8, 4) is 5.75 Å². The van der Waals surface area contributed by atoms with E-state index in [1.165, 1.54) is 24.2 Å². The monoisotopic (exact) mass is 464 g/mol. The van der Waals surface area contributed by atoms with E-state index >= 15 is 0 Å². The van der Waals surface area contributed by atoms with Crippen molar-refractivity contribution < 1.29 is 14.3 Å². The summed E-state index contributed by atoms with van der Waals surface area (Å²) in [6.45, 7) is 5.85. The molecular formula is C25H28N4O3S. The average molecular weight is 465 g/mol. The number of rotatable bonds is 6. The maximum Gasteiger partial charge on any atom is 0.286 e. The number of carbonyl (C=O) groups excluding carboxylic acids is 2. The van der Waals surface area contributed by atoms with Crippen LogP contribution in [0.4, 0.5) is 5.69 Å². The van der Waals surface area contributed by atoms with E-state index in [2.05, 4.69) is 21.6 Å². The highest BCUT2D eigenvalue weighted by molar-refractivity contribution is 7.13. The molecule has 7 nitrogen and oxygen atoms in total. The van der Waals surface area contributed by atoms with Crippen molar-refractivity contribution in [1.29, 1.82) is 0 Å². The molecule has 2 amide bonds. The molecule has 1 aliphatic heterocycles. The summed E-state index contributed by atoms with van der Waals surface area (Å²) in [6, 6.07) is 13.1. The lowest BCUT2D eigenvalue weighted by Crippen LogP contribution is -2.31. The SMILES string of the molecule is Cc1cc(C)cc(OCc2nnc(C(=O)Nc3cccc(C(=O)N4CCCCCC4)c3)s2)c1. The summed E-state index contributed by atoms with van der Waals surface area (Å²) in [7, 11) is 0. The second-order valence-corrected chi connectivity index (χ2v) is 9.42. The molecule has 33 heavy (non-hydrogen) atoms. The number of aryl methyl sites for hydroxylation is 2. The van der Waals surface area contributed by atoms with Crippen molar-refractivity contribution in [3.05, 3.63) is 69.2 Å². The molecule has 0 bridgehead atoms. The molecule has 0 saturated carbocycles. The van der Waals surface area contributed by atoms with Crippen LogP contribution in [0.15, 0.2) is 42.5 Å². The van der Waals surface area contributed by atoms with Gasteiger partial charge in [-0.05, 0) is 68.1 Å². The van der Waals surface area contributed by atoms with Gasteiger partial charge in [0.25, 0.3) is 11.8 Å². The number of hydrogen-bond donors (Lipinski definition) is 1. The number of nitrogens with zero attached hydrogens (tertiary/aromatic N) is 3. The van der Waals surface area contributed by atoms with Crippen molar-refractivity contribution in [3.63, 3.8) is 0 Å². The zero-order valence-electron chi connectivity index (χ0n) is 19.0. The molecule has 3 aromatic rings. The molecule has 0 spiro atoms. The summed E-state index contributed by atoms with van der Waals surface area (Å²) < 4.78 is 5.81. The Morgan fingerprint density at radius 2 is 1.73 bits per heavy atom. The number of carbonyl (C=O) groups is 2. The number of amides is 2. The number of nitrogens with one attached hydrogen (secondary N) is 1. The number of hydrogen-bond acceptors (Lipinski definition) is 6. The Kier molecular flexibility index (Phi) is 7.34. The van der Waals surface area contributed by atoms with Crippen molar-refractivity contribution in [2.24, 2.45) is 0 Å². The second kappa shape index (κ2) is 10.6. The van der Waals surface area contributed by atoms with Gasteiger partial charge in [-0.15, -0.1) is 10.2 Å². The van der Waals surface area contributed by atoms with Crippen LogP contribution in [0.25, 0.3) is 0 Å². The number of anilines is 1. The fourth-order valence-corrected chi connectivity index (χ4v) is 4.58. The maximum absolute atomic E-state index is 12.9. The lowest BCUT2D eigenvalue weighted by molar-refractivity contribution is 0.0761. The fourth-order valence-electron chi connectivity index (χ4n) is 3.94. The lowest BCUT2D eigenvalue weighted by Gasteiger charge is -2.20. The quantitative estimate of drug-likeness (QED) is 0.555. The first kappa shape index (κ1) is 22.9. The first-order chi connectivity index (χ1) is 16.0. The van der Waals surface area contributed by atoms with Crippen LogP contribution >= 0.6 is 11.3 Å². The minimum Gasteiger partial charge on any atom is -0.486 e. The van der Waals surface area contributed by atoms with E-state index in [0.717, 1.165) is 42.8 Å². The van der Waals surface area contributed by atoms with Crippen LogP contribution in [0, 0.1) is 13.8 Å². The van der Waals surface area contributed by atoms with E-state index < -0.39 is 0 Å². The number of ether oxygens (including phenoxy) is 1. The van der Waals surface area contributed by atoms with E-state index in [4.69, 9.17) is 4.74 Å². The molecule has 0 atom stereocenters. The van der Waals surface area contributed by atoms with Gasteiger partial charge in [-0.1, -0.05) is 36.3 Å². The molecule has 1 aromatic heterocycles. The van der Waals surface area contributed by atoms with Crippen molar-refractivity contribution in [2.45, 2.75) is 46.1 Å². The normalized spacial score (nSPS) is 13.9. The first-order valence-corrected chi connectivity index (χ1v) is 12.0. The largest absolute Gasteiger partial charge is 0.486 e. The van der Waals surface area contributed by atoms with Crippen LogP contribution in [-0.2, 0) is 6.61 Å². The summed E-state index contributed by atoms with van der Waals surface area (Å²) >= 11 is 1.19. The summed E-state index contributed by atoms with van der Waals surface area (Å²) in [6.07, 6.45) is 4.41. The highest BCUT2D eigenvalue weighted by Gasteiger charge is 2.19. The van der Waals surface area contributed by atoms with Crippen LogP contribution in [0.2, 0.25) is 0 Å². The molecule has 1 saturated heterocycles. The van der Waals surface area contributed by atoms with Crippen LogP contribution in [0.5, 0.6) is 5.75 Å². The molecule has 2 aromatic carbocycles. The predicted octanol–water partition coefficient (Wildman–Crippen LogP) is 5.00. The topological polar surface area (TPSA) is 84.4 Å². The summed E-state index contributed by atoms with van der Waals surface area (Å²) in [5.74, 6) is 0.416. The first-order valence-electron chi connectivity index (χ1n) is 11.2. The molecular weight excluding hydrogens is 436 g/mol. The van der Waals surface area contributed by atoms with Gasteiger partial charge in [0.05, 0.1) is 0 Å². The van der Waals surface area contributed by atoms with Gasteiger partial charge in [-0.2, -0.15) is 0 Å². The summed E-state index contributed by atoms with van der Waals surface area (Å²) in [5, 5.41) is 11.8. The van der Waals surface area contributed by atoms with E-state index in [1.807, 2.05) is 30.9 Å². The van der Waals surface area contributed by atoms with Gasteiger partial charge in [-0.3, -0.25) is 9.59 Å². The molecule has 172 valence electrons. The number of aromatic nitrogens is 2. The van der Waals surface area contributed by atoms with E-state index in [0.29, 0.717) is 16.3 Å². The van der Waals surface area contributed by atoms with Gasteiger partial charge in [0.2, 0.25) is 5.01 Å². The van der Waals surface area contributed by atoms with Gasteiger partial charge >= 0.3 is 0 Å². The third kappa shape index (κ3) is 6.16. The molecule has 0 radical (unpaired) electrons. The van der Waals surface area contributed by atoms with Crippen molar-refractivity contribution in [2.75, 3.05) is 18.4 Å². The molecule has 1 N–H and O–H groups in total. The van der Waals surface area contributed by atoms with Gasteiger partial charge in [0.1, 0.15) is 12.4 Å². The summed E-state index contributed by atoms with van der Waals surface area (Å²) in [4.78, 5) is 27.5. The van der Waals surface area contributed by atoms with Crippen molar-refractivity contribution >= 4 is 28.8 Å². The smallest absolute Gasteiger partial charge is 0.286 e. The zero-order chi connectivity index (χ0) is 23.2. The minimum absolute atomic E-state index is 0.00901. The molecule has 2 heterocycles. The highest BCUT2D eigenvalue weighted by atomic mass is 32.1. The van der Waals surface area contributed by atoms with E-state index in [9.17, 15) is 9.59 Å². The molecule has 0 aliphatic carbocycles. The lowest BCUT2D eigenvalue weighted by atomic mass is 10.1. The Balaban J connectivity index is 1.37. The Hall–Kier alpha value is -3.26. The minimum atomic E-state index is -0.357. The van der Waals surface area contributed by atoms with Gasteiger partial charge < -0.3 is 15.0 Å². The third-order valence-corrected chi connectivity index (χ3v) is 6.37. The Bertz CT molecular complexity index is 1120. The second-order valence-electron chi connectivity index (χ2n) is 8.35. The van der Waals surface area contributed by atoms with Crippen LogP contribution in [0.1, 0.15) is 62.0 Å². The maximum atomic E-state index is 12.9. The summed E-state index contributed by atoms with van der Waals surface area (Å²) in [5.41, 5.74) is 3.39. The van der Waals surface area contributed by atoms with Gasteiger partial charge in [0.15, 0.2) is 5.01 Å². The molecule has 0 unspecified atom stereocenters. The standard InChI is InChI=1S/C25H28N4O3S/c1-17-12-18(2)14-21(13-17)32-16-22-27-28-24(33-22)23(30)26-20-9-7-8-19(15-20)25(31)29-10-5-3-4-6-11-29/h7-9,12-15H,3-6,10-11,16H2,1-2H3,(H,26,30). The number of likely N-dealkylation sites (tertiary alicyclic amines) is 1.